The topological polar surface area (TPSA) is 76.7 Å². The molecule has 1 heterocycles. The molecule has 0 saturated heterocycles. The van der Waals surface area contributed by atoms with Crippen LogP contribution in [0.15, 0.2) is 33.5 Å². The lowest BCUT2D eigenvalue weighted by atomic mass is 9.85. The second-order valence-corrected chi connectivity index (χ2v) is 8.45. The monoisotopic (exact) mass is 424 g/mol. The van der Waals surface area contributed by atoms with E-state index in [0.717, 1.165) is 38.5 Å². The fourth-order valence-corrected chi connectivity index (χ4v) is 3.91. The van der Waals surface area contributed by atoms with Crippen molar-refractivity contribution in [1.82, 2.24) is 0 Å². The minimum absolute atomic E-state index is 0.0890. The van der Waals surface area contributed by atoms with Crippen molar-refractivity contribution in [1.29, 1.82) is 0 Å². The average Bonchev–Trinajstić information content (AvgIpc) is 2.77. The van der Waals surface area contributed by atoms with Crippen molar-refractivity contribution in [3.63, 3.8) is 0 Å². The average molecular weight is 425 g/mol. The van der Waals surface area contributed by atoms with E-state index in [1.165, 1.54) is 25.3 Å². The lowest BCUT2D eigenvalue weighted by Crippen LogP contribution is -2.29. The number of carbonyl (C=O) groups is 1. The number of hydrogen-bond donors (Lipinski definition) is 1. The Morgan fingerprint density at radius 1 is 1.10 bits per heavy atom. The SMILES string of the molecule is CCCCCCCCOC(=O)c1cc2ccc(C#CC3(O)CCCCC3)cc2oc1=O. The number of aliphatic hydroxyl groups is 1. The lowest BCUT2D eigenvalue weighted by Gasteiger charge is -2.26. The maximum absolute atomic E-state index is 12.3. The van der Waals surface area contributed by atoms with E-state index in [9.17, 15) is 14.7 Å². The van der Waals surface area contributed by atoms with Gasteiger partial charge in [-0.25, -0.2) is 9.59 Å². The van der Waals surface area contributed by atoms with Gasteiger partial charge in [0, 0.05) is 10.9 Å². The molecule has 1 aliphatic rings. The zero-order valence-corrected chi connectivity index (χ0v) is 18.4. The molecular weight excluding hydrogens is 392 g/mol. The molecule has 1 aliphatic carbocycles. The first kappa shape index (κ1) is 23.1. The summed E-state index contributed by atoms with van der Waals surface area (Å²) in [6.45, 7) is 2.48. The number of hydrogen-bond acceptors (Lipinski definition) is 5. The Balaban J connectivity index is 1.64. The highest BCUT2D eigenvalue weighted by Crippen LogP contribution is 2.27. The van der Waals surface area contributed by atoms with Gasteiger partial charge in [0.05, 0.1) is 6.61 Å². The molecule has 0 radical (unpaired) electrons. The maximum Gasteiger partial charge on any atom is 0.351 e. The zero-order chi connectivity index (χ0) is 22.1. The molecule has 166 valence electrons. The molecule has 0 bridgehead atoms. The molecule has 5 nitrogen and oxygen atoms in total. The third-order valence-electron chi connectivity index (χ3n) is 5.81. The Morgan fingerprint density at radius 3 is 2.61 bits per heavy atom. The van der Waals surface area contributed by atoms with Crippen LogP contribution in [0, 0.1) is 11.8 Å². The van der Waals surface area contributed by atoms with Crippen LogP contribution in [-0.2, 0) is 4.74 Å². The largest absolute Gasteiger partial charge is 0.462 e. The summed E-state index contributed by atoms with van der Waals surface area (Å²) in [6, 6.07) is 6.74. The summed E-state index contributed by atoms with van der Waals surface area (Å²) in [5.74, 6) is 5.34. The van der Waals surface area contributed by atoms with Gasteiger partial charge in [-0.15, -0.1) is 0 Å². The summed E-state index contributed by atoms with van der Waals surface area (Å²) in [5, 5.41) is 11.2. The molecule has 5 heteroatoms. The molecule has 0 atom stereocenters. The Labute approximate surface area is 183 Å². The molecule has 1 aromatic carbocycles. The van der Waals surface area contributed by atoms with Crippen molar-refractivity contribution >= 4 is 16.9 Å². The van der Waals surface area contributed by atoms with Crippen LogP contribution in [0.2, 0.25) is 0 Å². The Kier molecular flexibility index (Phi) is 8.31. The molecule has 1 saturated carbocycles. The van der Waals surface area contributed by atoms with Gasteiger partial charge in [0.2, 0.25) is 0 Å². The highest BCUT2D eigenvalue weighted by Gasteiger charge is 2.26. The molecule has 1 fully saturated rings. The van der Waals surface area contributed by atoms with Crippen LogP contribution in [0.1, 0.15) is 93.5 Å². The summed E-state index contributed by atoms with van der Waals surface area (Å²) in [5.41, 5.74) is -0.712. The van der Waals surface area contributed by atoms with Crippen LogP contribution >= 0.6 is 0 Å². The molecule has 3 rings (SSSR count). The number of carbonyl (C=O) groups excluding carboxylic acids is 1. The van der Waals surface area contributed by atoms with Gasteiger partial charge >= 0.3 is 11.6 Å². The van der Waals surface area contributed by atoms with Crippen LogP contribution in [-0.4, -0.2) is 23.3 Å². The first-order valence-corrected chi connectivity index (χ1v) is 11.5. The molecule has 0 amide bonds. The Hall–Kier alpha value is -2.58. The van der Waals surface area contributed by atoms with E-state index < -0.39 is 17.2 Å². The predicted octanol–water partition coefficient (Wildman–Crippen LogP) is 5.36. The second-order valence-electron chi connectivity index (χ2n) is 8.45. The summed E-state index contributed by atoms with van der Waals surface area (Å²) in [6.07, 6.45) is 11.0. The smallest absolute Gasteiger partial charge is 0.351 e. The second kappa shape index (κ2) is 11.2. The van der Waals surface area contributed by atoms with E-state index in [-0.39, 0.29) is 5.56 Å². The summed E-state index contributed by atoms with van der Waals surface area (Å²) in [4.78, 5) is 24.6. The zero-order valence-electron chi connectivity index (χ0n) is 18.4. The molecule has 1 N–H and O–H groups in total. The predicted molar refractivity (Wildman–Crippen MR) is 121 cm³/mol. The molecule has 0 spiro atoms. The van der Waals surface area contributed by atoms with Gasteiger partial charge in [-0.3, -0.25) is 0 Å². The van der Waals surface area contributed by atoms with E-state index in [4.69, 9.17) is 9.15 Å². The van der Waals surface area contributed by atoms with E-state index in [1.54, 1.807) is 18.2 Å². The van der Waals surface area contributed by atoms with Gasteiger partial charge in [0.25, 0.3) is 0 Å². The molecular formula is C26H32O5. The summed E-state index contributed by atoms with van der Waals surface area (Å²) < 4.78 is 10.6. The number of rotatable bonds is 8. The van der Waals surface area contributed by atoms with Crippen LogP contribution in [0.4, 0.5) is 0 Å². The van der Waals surface area contributed by atoms with Crippen LogP contribution in [0.5, 0.6) is 0 Å². The third-order valence-corrected chi connectivity index (χ3v) is 5.81. The summed E-state index contributed by atoms with van der Waals surface area (Å²) >= 11 is 0. The lowest BCUT2D eigenvalue weighted by molar-refractivity contribution is 0.0492. The van der Waals surface area contributed by atoms with Crippen molar-refractivity contribution in [3.8, 4) is 11.8 Å². The van der Waals surface area contributed by atoms with Crippen LogP contribution in [0.3, 0.4) is 0 Å². The fraction of sp³-hybridized carbons (Fsp3) is 0.538. The summed E-state index contributed by atoms with van der Waals surface area (Å²) in [7, 11) is 0. The van der Waals surface area contributed by atoms with Gasteiger partial charge in [-0.1, -0.05) is 57.3 Å². The highest BCUT2D eigenvalue weighted by molar-refractivity contribution is 5.93. The fourth-order valence-electron chi connectivity index (χ4n) is 3.91. The standard InChI is InChI=1S/C26H32O5/c1-2-3-4-5-6-10-17-30-24(27)22-19-21-12-11-20(18-23(21)31-25(22)28)13-16-26(29)14-8-7-9-15-26/h11-12,18-19,29H,2-10,14-15,17H2,1H3. The minimum atomic E-state index is -0.933. The van der Waals surface area contributed by atoms with Crippen molar-refractivity contribution in [2.24, 2.45) is 0 Å². The van der Waals surface area contributed by atoms with E-state index in [2.05, 4.69) is 18.8 Å². The van der Waals surface area contributed by atoms with E-state index in [0.29, 0.717) is 36.0 Å². The minimum Gasteiger partial charge on any atom is -0.462 e. The van der Waals surface area contributed by atoms with Crippen LogP contribution in [0.25, 0.3) is 11.0 Å². The molecule has 31 heavy (non-hydrogen) atoms. The number of ether oxygens (including phenoxy) is 1. The van der Waals surface area contributed by atoms with Gasteiger partial charge in [0.15, 0.2) is 0 Å². The first-order valence-electron chi connectivity index (χ1n) is 11.5. The quantitative estimate of drug-likeness (QED) is 0.267. The van der Waals surface area contributed by atoms with E-state index in [1.807, 2.05) is 0 Å². The number of fused-ring (bicyclic) bond motifs is 1. The van der Waals surface area contributed by atoms with Gasteiger partial charge in [0.1, 0.15) is 16.7 Å². The molecule has 1 aromatic heterocycles. The molecule has 2 aromatic rings. The van der Waals surface area contributed by atoms with Gasteiger partial charge in [-0.05, 0) is 56.4 Å². The first-order chi connectivity index (χ1) is 15.0. The number of benzene rings is 1. The normalized spacial score (nSPS) is 15.3. The number of esters is 1. The van der Waals surface area contributed by atoms with Crippen molar-refractivity contribution < 1.29 is 19.1 Å². The Morgan fingerprint density at radius 2 is 1.84 bits per heavy atom. The third kappa shape index (κ3) is 6.70. The van der Waals surface area contributed by atoms with Crippen molar-refractivity contribution in [3.05, 3.63) is 45.8 Å². The highest BCUT2D eigenvalue weighted by atomic mass is 16.5. The Bertz CT molecular complexity index is 1000. The van der Waals surface area contributed by atoms with Gasteiger partial charge < -0.3 is 14.3 Å². The van der Waals surface area contributed by atoms with E-state index >= 15 is 0 Å². The van der Waals surface area contributed by atoms with Gasteiger partial charge in [-0.2, -0.15) is 0 Å². The maximum atomic E-state index is 12.3. The van der Waals surface area contributed by atoms with Crippen LogP contribution < -0.4 is 5.63 Å². The molecule has 0 aliphatic heterocycles. The number of unbranched alkanes of at least 4 members (excludes halogenated alkanes) is 5. The van der Waals surface area contributed by atoms with Crippen molar-refractivity contribution in [2.75, 3.05) is 6.61 Å². The van der Waals surface area contributed by atoms with Crippen molar-refractivity contribution in [2.45, 2.75) is 83.2 Å². The molecule has 0 unspecified atom stereocenters.